The van der Waals surface area contributed by atoms with Gasteiger partial charge in [-0.25, -0.2) is 9.97 Å². The van der Waals surface area contributed by atoms with Crippen molar-refractivity contribution < 1.29 is 4.74 Å². The van der Waals surface area contributed by atoms with Gasteiger partial charge in [-0.1, -0.05) is 0 Å². The summed E-state index contributed by atoms with van der Waals surface area (Å²) in [5, 5.41) is 3.24. The van der Waals surface area contributed by atoms with Gasteiger partial charge in [0.05, 0.1) is 6.61 Å². The molecule has 2 rings (SSSR count). The smallest absolute Gasteiger partial charge is 0.161 e. The van der Waals surface area contributed by atoms with Crippen molar-refractivity contribution in [3.63, 3.8) is 0 Å². The van der Waals surface area contributed by atoms with E-state index >= 15 is 0 Å². The summed E-state index contributed by atoms with van der Waals surface area (Å²) in [7, 11) is 0. The Balaban J connectivity index is 2.16. The highest BCUT2D eigenvalue weighted by atomic mass is 16.5. The molecule has 1 aromatic heterocycles. The first-order chi connectivity index (χ1) is 9.10. The molecule has 1 N–H and O–H groups in total. The van der Waals surface area contributed by atoms with Crippen LogP contribution < -0.4 is 5.32 Å². The molecular weight excluding hydrogens is 240 g/mol. The number of nitrogens with one attached hydrogen (secondary N) is 1. The molecule has 1 unspecified atom stereocenters. The number of aromatic nitrogens is 2. The van der Waals surface area contributed by atoms with Crippen LogP contribution in [-0.2, 0) is 4.74 Å². The van der Waals surface area contributed by atoms with E-state index in [0.717, 1.165) is 43.6 Å². The van der Waals surface area contributed by atoms with Gasteiger partial charge in [-0.2, -0.15) is 0 Å². The minimum Gasteiger partial charge on any atom is -0.370 e. The van der Waals surface area contributed by atoms with E-state index in [-0.39, 0.29) is 6.10 Å². The lowest BCUT2D eigenvalue weighted by molar-refractivity contribution is -0.0442. The second-order valence-electron chi connectivity index (χ2n) is 5.23. The van der Waals surface area contributed by atoms with Crippen LogP contribution in [0, 0.1) is 6.92 Å². The summed E-state index contributed by atoms with van der Waals surface area (Å²) >= 11 is 0. The van der Waals surface area contributed by atoms with Crippen LogP contribution in [0.15, 0.2) is 6.07 Å². The summed E-state index contributed by atoms with van der Waals surface area (Å²) in [4.78, 5) is 11.5. The number of rotatable bonds is 4. The highest BCUT2D eigenvalue weighted by molar-refractivity contribution is 5.35. The van der Waals surface area contributed by atoms with Crippen LogP contribution in [0.3, 0.4) is 0 Å². The third kappa shape index (κ3) is 3.64. The van der Waals surface area contributed by atoms with Crippen molar-refractivity contribution in [2.45, 2.75) is 39.8 Å². The molecule has 1 fully saturated rings. The number of morpholine rings is 1. The van der Waals surface area contributed by atoms with E-state index in [1.807, 2.05) is 13.0 Å². The molecule has 1 saturated heterocycles. The van der Waals surface area contributed by atoms with Crippen LogP contribution in [0.1, 0.15) is 38.4 Å². The van der Waals surface area contributed by atoms with Gasteiger partial charge in [-0.3, -0.25) is 4.90 Å². The Morgan fingerprint density at radius 2 is 2.26 bits per heavy atom. The number of aryl methyl sites for hydroxylation is 1. The number of nitrogens with zero attached hydrogens (tertiary/aromatic N) is 3. The summed E-state index contributed by atoms with van der Waals surface area (Å²) in [6, 6.07) is 2.50. The van der Waals surface area contributed by atoms with E-state index in [9.17, 15) is 0 Å². The molecule has 0 aromatic carbocycles. The molecule has 0 aliphatic carbocycles. The summed E-state index contributed by atoms with van der Waals surface area (Å²) < 4.78 is 5.84. The number of hydrogen-bond donors (Lipinski definition) is 1. The summed E-state index contributed by atoms with van der Waals surface area (Å²) in [6.07, 6.45) is -0.0199. The van der Waals surface area contributed by atoms with Crippen LogP contribution in [0.5, 0.6) is 0 Å². The summed E-state index contributed by atoms with van der Waals surface area (Å²) in [6.45, 7) is 11.9. The van der Waals surface area contributed by atoms with Crippen molar-refractivity contribution in [2.75, 3.05) is 31.6 Å². The quantitative estimate of drug-likeness (QED) is 0.901. The van der Waals surface area contributed by atoms with Crippen molar-refractivity contribution in [3.05, 3.63) is 17.6 Å². The Labute approximate surface area is 115 Å². The Bertz CT molecular complexity index is 422. The second kappa shape index (κ2) is 6.30. The van der Waals surface area contributed by atoms with Gasteiger partial charge < -0.3 is 10.1 Å². The van der Waals surface area contributed by atoms with E-state index in [1.165, 1.54) is 0 Å². The zero-order valence-electron chi connectivity index (χ0n) is 12.3. The fourth-order valence-corrected chi connectivity index (χ4v) is 2.30. The highest BCUT2D eigenvalue weighted by Crippen LogP contribution is 2.22. The molecule has 0 spiro atoms. The third-order valence-electron chi connectivity index (χ3n) is 3.35. The van der Waals surface area contributed by atoms with Gasteiger partial charge >= 0.3 is 0 Å². The second-order valence-corrected chi connectivity index (χ2v) is 5.23. The molecule has 5 nitrogen and oxygen atoms in total. The molecule has 106 valence electrons. The number of hydrogen-bond acceptors (Lipinski definition) is 5. The van der Waals surface area contributed by atoms with Crippen LogP contribution in [0.2, 0.25) is 0 Å². The van der Waals surface area contributed by atoms with Crippen molar-refractivity contribution in [2.24, 2.45) is 0 Å². The molecule has 0 bridgehead atoms. The van der Waals surface area contributed by atoms with Gasteiger partial charge in [-0.05, 0) is 27.7 Å². The largest absolute Gasteiger partial charge is 0.370 e. The lowest BCUT2D eigenvalue weighted by atomic mass is 10.2. The van der Waals surface area contributed by atoms with Gasteiger partial charge in [0, 0.05) is 37.4 Å². The number of ether oxygens (including phenoxy) is 1. The van der Waals surface area contributed by atoms with Crippen LogP contribution in [-0.4, -0.2) is 47.2 Å². The van der Waals surface area contributed by atoms with Crippen molar-refractivity contribution in [3.8, 4) is 0 Å². The monoisotopic (exact) mass is 264 g/mol. The van der Waals surface area contributed by atoms with Crippen molar-refractivity contribution in [1.82, 2.24) is 14.9 Å². The van der Waals surface area contributed by atoms with E-state index in [4.69, 9.17) is 4.74 Å². The van der Waals surface area contributed by atoms with Gasteiger partial charge in [-0.15, -0.1) is 0 Å². The molecular formula is C14H24N4O. The lowest BCUT2D eigenvalue weighted by Crippen LogP contribution is -2.42. The Morgan fingerprint density at radius 3 is 2.95 bits per heavy atom. The zero-order valence-corrected chi connectivity index (χ0v) is 12.3. The fraction of sp³-hybridized carbons (Fsp3) is 0.714. The maximum absolute atomic E-state index is 5.84. The lowest BCUT2D eigenvalue weighted by Gasteiger charge is -2.34. The van der Waals surface area contributed by atoms with Crippen LogP contribution in [0.25, 0.3) is 0 Å². The maximum Gasteiger partial charge on any atom is 0.161 e. The van der Waals surface area contributed by atoms with Gasteiger partial charge in [0.2, 0.25) is 0 Å². The minimum absolute atomic E-state index is 0.0199. The molecule has 0 saturated carbocycles. The molecule has 2 heterocycles. The third-order valence-corrected chi connectivity index (χ3v) is 3.35. The summed E-state index contributed by atoms with van der Waals surface area (Å²) in [5.74, 6) is 1.68. The molecule has 1 aliphatic heterocycles. The van der Waals surface area contributed by atoms with E-state index in [2.05, 4.69) is 41.0 Å². The topological polar surface area (TPSA) is 50.3 Å². The Hall–Kier alpha value is -1.20. The highest BCUT2D eigenvalue weighted by Gasteiger charge is 2.25. The van der Waals surface area contributed by atoms with Crippen LogP contribution >= 0.6 is 0 Å². The molecule has 1 atom stereocenters. The first-order valence-electron chi connectivity index (χ1n) is 7.05. The standard InChI is InChI=1S/C14H24N4O/c1-5-15-13-8-11(4)16-14(17-13)12-9-18(10(2)3)6-7-19-12/h8,10,12H,5-7,9H2,1-4H3,(H,15,16,17). The van der Waals surface area contributed by atoms with Gasteiger partial charge in [0.1, 0.15) is 11.9 Å². The van der Waals surface area contributed by atoms with Crippen LogP contribution in [0.4, 0.5) is 5.82 Å². The molecule has 5 heteroatoms. The van der Waals surface area contributed by atoms with E-state index < -0.39 is 0 Å². The SMILES string of the molecule is CCNc1cc(C)nc(C2CN(C(C)C)CCO2)n1. The fourth-order valence-electron chi connectivity index (χ4n) is 2.30. The van der Waals surface area contributed by atoms with Gasteiger partial charge in [0.25, 0.3) is 0 Å². The average molecular weight is 264 g/mol. The Morgan fingerprint density at radius 1 is 1.47 bits per heavy atom. The first-order valence-corrected chi connectivity index (χ1v) is 7.05. The van der Waals surface area contributed by atoms with E-state index in [1.54, 1.807) is 0 Å². The van der Waals surface area contributed by atoms with Gasteiger partial charge in [0.15, 0.2) is 5.82 Å². The molecule has 19 heavy (non-hydrogen) atoms. The molecule has 0 radical (unpaired) electrons. The summed E-state index contributed by atoms with van der Waals surface area (Å²) in [5.41, 5.74) is 0.978. The molecule has 1 aromatic rings. The predicted molar refractivity (Wildman–Crippen MR) is 76.3 cm³/mol. The molecule has 1 aliphatic rings. The average Bonchev–Trinajstić information content (AvgIpc) is 2.38. The Kier molecular flexibility index (Phi) is 4.71. The maximum atomic E-state index is 5.84. The molecule has 0 amide bonds. The predicted octanol–water partition coefficient (Wildman–Crippen LogP) is 2.00. The van der Waals surface area contributed by atoms with Crippen molar-refractivity contribution >= 4 is 5.82 Å². The number of anilines is 1. The van der Waals surface area contributed by atoms with Crippen molar-refractivity contribution in [1.29, 1.82) is 0 Å². The zero-order chi connectivity index (χ0) is 13.8. The normalized spacial score (nSPS) is 20.8. The van der Waals surface area contributed by atoms with E-state index in [0.29, 0.717) is 6.04 Å². The first kappa shape index (κ1) is 14.2. The minimum atomic E-state index is -0.0199.